The van der Waals surface area contributed by atoms with E-state index in [1.54, 1.807) is 27.7 Å². The van der Waals surface area contributed by atoms with Crippen LogP contribution in [0.2, 0.25) is 0 Å². The molecule has 0 bridgehead atoms. The molecule has 0 aliphatic carbocycles. The van der Waals surface area contributed by atoms with Crippen molar-refractivity contribution < 1.29 is 28.5 Å². The Labute approximate surface area is 138 Å². The smallest absolute Gasteiger partial charge is 0.333 e. The minimum Gasteiger partial charge on any atom is -0.460 e. The first-order chi connectivity index (χ1) is 10.6. The van der Waals surface area contributed by atoms with Gasteiger partial charge in [0.2, 0.25) is 0 Å². The van der Waals surface area contributed by atoms with Gasteiger partial charge < -0.3 is 18.9 Å². The first kappa shape index (κ1) is 21.3. The lowest BCUT2D eigenvalue weighted by Gasteiger charge is -2.20. The summed E-state index contributed by atoms with van der Waals surface area (Å²) in [6.07, 6.45) is -0.793. The lowest BCUT2D eigenvalue weighted by atomic mass is 10.3. The fourth-order valence-electron chi connectivity index (χ4n) is 1.33. The zero-order valence-corrected chi connectivity index (χ0v) is 14.7. The summed E-state index contributed by atoms with van der Waals surface area (Å²) in [6.45, 7) is 16.4. The molecule has 0 radical (unpaired) electrons. The van der Waals surface area contributed by atoms with E-state index < -0.39 is 11.9 Å². The molecule has 3 unspecified atom stereocenters. The van der Waals surface area contributed by atoms with Gasteiger partial charge in [-0.25, -0.2) is 9.59 Å². The highest BCUT2D eigenvalue weighted by Gasteiger charge is 2.14. The van der Waals surface area contributed by atoms with Gasteiger partial charge in [-0.15, -0.1) is 0 Å². The van der Waals surface area contributed by atoms with Crippen molar-refractivity contribution in [1.82, 2.24) is 0 Å². The third kappa shape index (κ3) is 10.7. The lowest BCUT2D eigenvalue weighted by Crippen LogP contribution is -2.28. The van der Waals surface area contributed by atoms with Crippen LogP contribution < -0.4 is 0 Å². The summed E-state index contributed by atoms with van der Waals surface area (Å²) in [5.74, 6) is -0.865. The van der Waals surface area contributed by atoms with E-state index in [1.165, 1.54) is 0 Å². The molecule has 0 aliphatic rings. The molecule has 0 amide bonds. The summed E-state index contributed by atoms with van der Waals surface area (Å²) < 4.78 is 21.2. The molecule has 6 heteroatoms. The van der Waals surface area contributed by atoms with Crippen LogP contribution in [0, 0.1) is 0 Å². The van der Waals surface area contributed by atoms with Gasteiger partial charge in [-0.2, -0.15) is 0 Å². The van der Waals surface area contributed by atoms with Gasteiger partial charge in [0.1, 0.15) is 12.7 Å². The highest BCUT2D eigenvalue weighted by molar-refractivity contribution is 5.87. The van der Waals surface area contributed by atoms with Crippen LogP contribution in [0.4, 0.5) is 0 Å². The molecule has 23 heavy (non-hydrogen) atoms. The predicted octanol–water partition coefficient (Wildman–Crippen LogP) is 2.42. The van der Waals surface area contributed by atoms with Crippen LogP contribution >= 0.6 is 0 Å². The first-order valence-electron chi connectivity index (χ1n) is 7.55. The van der Waals surface area contributed by atoms with Crippen LogP contribution in [-0.4, -0.2) is 50.1 Å². The summed E-state index contributed by atoms with van der Waals surface area (Å²) in [5, 5.41) is 0. The first-order valence-corrected chi connectivity index (χ1v) is 7.55. The van der Waals surface area contributed by atoms with Crippen molar-refractivity contribution in [2.75, 3.05) is 19.8 Å². The Balaban J connectivity index is 3.87. The van der Waals surface area contributed by atoms with Crippen molar-refractivity contribution in [3.63, 3.8) is 0 Å². The SMILES string of the molecule is C=C(C)C(=O)OCC(C)OCC(C)OCC(C)OC(=O)C(=C)C. The van der Waals surface area contributed by atoms with Crippen LogP contribution in [0.3, 0.4) is 0 Å². The molecule has 0 heterocycles. The Hall–Kier alpha value is -1.66. The third-order valence-corrected chi connectivity index (χ3v) is 2.69. The maximum Gasteiger partial charge on any atom is 0.333 e. The lowest BCUT2D eigenvalue weighted by molar-refractivity contribution is -0.149. The van der Waals surface area contributed by atoms with Crippen LogP contribution in [-0.2, 0) is 28.5 Å². The Morgan fingerprint density at radius 3 is 1.70 bits per heavy atom. The number of carbonyl (C=O) groups is 2. The van der Waals surface area contributed by atoms with Gasteiger partial charge in [-0.1, -0.05) is 13.2 Å². The van der Waals surface area contributed by atoms with E-state index in [1.807, 2.05) is 6.92 Å². The van der Waals surface area contributed by atoms with Crippen LogP contribution in [0.15, 0.2) is 24.3 Å². The van der Waals surface area contributed by atoms with Gasteiger partial charge in [0.25, 0.3) is 0 Å². The molecule has 3 atom stereocenters. The Bertz CT molecular complexity index is 429. The quantitative estimate of drug-likeness (QED) is 0.428. The summed E-state index contributed by atoms with van der Waals surface area (Å²) >= 11 is 0. The Morgan fingerprint density at radius 2 is 1.22 bits per heavy atom. The molecule has 132 valence electrons. The van der Waals surface area contributed by atoms with E-state index in [4.69, 9.17) is 18.9 Å². The van der Waals surface area contributed by atoms with E-state index in [0.29, 0.717) is 17.8 Å². The fraction of sp³-hybridized carbons (Fsp3) is 0.647. The van der Waals surface area contributed by atoms with Gasteiger partial charge in [0.15, 0.2) is 0 Å². The molecule has 0 aromatic carbocycles. The van der Waals surface area contributed by atoms with Gasteiger partial charge in [0, 0.05) is 11.1 Å². The monoisotopic (exact) mass is 328 g/mol. The van der Waals surface area contributed by atoms with Crippen molar-refractivity contribution in [2.24, 2.45) is 0 Å². The summed E-state index contributed by atoms with van der Waals surface area (Å²) in [4.78, 5) is 22.6. The van der Waals surface area contributed by atoms with Crippen molar-refractivity contribution in [3.8, 4) is 0 Å². The molecular weight excluding hydrogens is 300 g/mol. The highest BCUT2D eigenvalue weighted by Crippen LogP contribution is 2.03. The molecule has 6 nitrogen and oxygen atoms in total. The Kier molecular flexibility index (Phi) is 10.2. The van der Waals surface area contributed by atoms with Gasteiger partial charge in [-0.3, -0.25) is 0 Å². The van der Waals surface area contributed by atoms with E-state index in [0.717, 1.165) is 0 Å². The number of ether oxygens (including phenoxy) is 4. The van der Waals surface area contributed by atoms with Crippen LogP contribution in [0.5, 0.6) is 0 Å². The normalized spacial score (nSPS) is 14.5. The van der Waals surface area contributed by atoms with Crippen molar-refractivity contribution in [2.45, 2.75) is 52.9 Å². The second-order valence-electron chi connectivity index (χ2n) is 5.66. The van der Waals surface area contributed by atoms with Crippen LogP contribution in [0.1, 0.15) is 34.6 Å². The largest absolute Gasteiger partial charge is 0.460 e. The molecule has 0 rings (SSSR count). The second kappa shape index (κ2) is 11.0. The Morgan fingerprint density at radius 1 is 0.783 bits per heavy atom. The minimum atomic E-state index is -0.432. The van der Waals surface area contributed by atoms with E-state index in [-0.39, 0.29) is 31.5 Å². The van der Waals surface area contributed by atoms with Gasteiger partial charge in [-0.05, 0) is 34.6 Å². The van der Waals surface area contributed by atoms with Crippen molar-refractivity contribution >= 4 is 11.9 Å². The standard InChI is InChI=1S/C17H28O6/c1-11(2)16(18)22-9-14(6)20-8-13(5)21-10-15(7)23-17(19)12(3)4/h13-15H,1,3,8-10H2,2,4-7H3. The van der Waals surface area contributed by atoms with Crippen molar-refractivity contribution in [3.05, 3.63) is 24.3 Å². The third-order valence-electron chi connectivity index (χ3n) is 2.69. The topological polar surface area (TPSA) is 71.1 Å². The molecule has 0 saturated heterocycles. The highest BCUT2D eigenvalue weighted by atomic mass is 16.6. The average Bonchev–Trinajstić information content (AvgIpc) is 2.47. The molecule has 0 aromatic rings. The zero-order valence-electron chi connectivity index (χ0n) is 14.7. The van der Waals surface area contributed by atoms with E-state index in [2.05, 4.69) is 13.2 Å². The molecule has 0 N–H and O–H groups in total. The summed E-state index contributed by atoms with van der Waals surface area (Å²) in [6, 6.07) is 0. The number of hydrogen-bond acceptors (Lipinski definition) is 6. The second-order valence-corrected chi connectivity index (χ2v) is 5.66. The maximum atomic E-state index is 11.3. The molecular formula is C17H28O6. The predicted molar refractivity (Wildman–Crippen MR) is 87.0 cm³/mol. The van der Waals surface area contributed by atoms with Crippen LogP contribution in [0.25, 0.3) is 0 Å². The van der Waals surface area contributed by atoms with E-state index >= 15 is 0 Å². The number of hydrogen-bond donors (Lipinski definition) is 0. The van der Waals surface area contributed by atoms with E-state index in [9.17, 15) is 9.59 Å². The fourth-order valence-corrected chi connectivity index (χ4v) is 1.33. The molecule has 0 saturated carbocycles. The van der Waals surface area contributed by atoms with Gasteiger partial charge >= 0.3 is 11.9 Å². The molecule has 0 aliphatic heterocycles. The minimum absolute atomic E-state index is 0.158. The molecule has 0 spiro atoms. The summed E-state index contributed by atoms with van der Waals surface area (Å²) in [5.41, 5.74) is 0.707. The number of esters is 2. The zero-order chi connectivity index (χ0) is 18.0. The summed E-state index contributed by atoms with van der Waals surface area (Å²) in [7, 11) is 0. The average molecular weight is 328 g/mol. The number of carbonyl (C=O) groups excluding carboxylic acids is 2. The number of rotatable bonds is 11. The van der Waals surface area contributed by atoms with Gasteiger partial charge in [0.05, 0.1) is 25.4 Å². The molecule has 0 fully saturated rings. The van der Waals surface area contributed by atoms with Crippen molar-refractivity contribution in [1.29, 1.82) is 0 Å². The maximum absolute atomic E-state index is 11.3. The molecule has 0 aromatic heterocycles.